The molecule has 2 aromatic rings. The topological polar surface area (TPSA) is 89.0 Å². The molecular formula is C21H23N3O4S. The second-order valence-corrected chi connectivity index (χ2v) is 7.77. The van der Waals surface area contributed by atoms with Crippen LogP contribution in [0.5, 0.6) is 11.5 Å². The Kier molecular flexibility index (Phi) is 6.43. The number of nitrogens with zero attached hydrogens (tertiary/aromatic N) is 1. The van der Waals surface area contributed by atoms with Crippen LogP contribution in [-0.2, 0) is 9.59 Å². The molecule has 1 aliphatic heterocycles. The monoisotopic (exact) mass is 413 g/mol. The minimum atomic E-state index is -0.529. The molecule has 0 spiro atoms. The summed E-state index contributed by atoms with van der Waals surface area (Å²) in [7, 11) is 3.07. The second-order valence-electron chi connectivity index (χ2n) is 6.58. The summed E-state index contributed by atoms with van der Waals surface area (Å²) in [6, 6.07) is 11.0. The molecule has 0 aliphatic carbocycles. The number of amidine groups is 1. The van der Waals surface area contributed by atoms with E-state index in [1.54, 1.807) is 25.3 Å². The van der Waals surface area contributed by atoms with Crippen LogP contribution in [0.15, 0.2) is 41.4 Å². The van der Waals surface area contributed by atoms with Crippen molar-refractivity contribution in [2.75, 3.05) is 19.5 Å². The van der Waals surface area contributed by atoms with Gasteiger partial charge in [-0.3, -0.25) is 9.59 Å². The predicted molar refractivity (Wildman–Crippen MR) is 115 cm³/mol. The number of benzene rings is 2. The van der Waals surface area contributed by atoms with Crippen LogP contribution < -0.4 is 20.1 Å². The highest BCUT2D eigenvalue weighted by atomic mass is 32.2. The van der Waals surface area contributed by atoms with E-state index in [2.05, 4.69) is 15.6 Å². The average molecular weight is 413 g/mol. The van der Waals surface area contributed by atoms with Crippen molar-refractivity contribution in [3.8, 4) is 11.5 Å². The molecule has 7 nitrogen and oxygen atoms in total. The SMILES string of the molecule is COc1ccc(NC(=O)C[C@@H]2SC(=Nc3c(C)cccc3C)NC2=O)cc1OC. The molecule has 1 atom stereocenters. The Bertz CT molecular complexity index is 954. The molecule has 8 heteroatoms. The summed E-state index contributed by atoms with van der Waals surface area (Å²) in [6.45, 7) is 3.95. The Hall–Kier alpha value is -3.00. The Morgan fingerprint density at radius 3 is 2.48 bits per heavy atom. The lowest BCUT2D eigenvalue weighted by Crippen LogP contribution is -2.28. The lowest BCUT2D eigenvalue weighted by atomic mass is 10.1. The molecule has 0 bridgehead atoms. The molecule has 1 heterocycles. The van der Waals surface area contributed by atoms with Crippen LogP contribution in [0.3, 0.4) is 0 Å². The van der Waals surface area contributed by atoms with Crippen molar-refractivity contribution < 1.29 is 19.1 Å². The van der Waals surface area contributed by atoms with E-state index in [0.29, 0.717) is 22.4 Å². The van der Waals surface area contributed by atoms with Crippen molar-refractivity contribution in [1.29, 1.82) is 0 Å². The Labute approximate surface area is 173 Å². The molecule has 29 heavy (non-hydrogen) atoms. The van der Waals surface area contributed by atoms with Crippen molar-refractivity contribution in [1.82, 2.24) is 5.32 Å². The maximum atomic E-state index is 12.4. The van der Waals surface area contributed by atoms with Crippen molar-refractivity contribution in [3.63, 3.8) is 0 Å². The maximum absolute atomic E-state index is 12.4. The van der Waals surface area contributed by atoms with E-state index in [-0.39, 0.29) is 18.2 Å². The third-order valence-electron chi connectivity index (χ3n) is 4.47. The standard InChI is InChI=1S/C21H23N3O4S/c1-12-6-5-7-13(2)19(12)23-21-24-20(26)17(29-21)11-18(25)22-14-8-9-15(27-3)16(10-14)28-4/h5-10,17H,11H2,1-4H3,(H,22,25)(H,23,24,26)/t17-/m0/s1. The number of aryl methyl sites for hydroxylation is 2. The fraction of sp³-hybridized carbons (Fsp3) is 0.286. The van der Waals surface area contributed by atoms with Gasteiger partial charge >= 0.3 is 0 Å². The first-order chi connectivity index (χ1) is 13.9. The molecule has 0 unspecified atom stereocenters. The minimum Gasteiger partial charge on any atom is -0.493 e. The molecule has 3 rings (SSSR count). The van der Waals surface area contributed by atoms with Gasteiger partial charge in [0.1, 0.15) is 5.25 Å². The number of thioether (sulfide) groups is 1. The first kappa shape index (κ1) is 20.7. The molecule has 1 saturated heterocycles. The Morgan fingerprint density at radius 2 is 1.83 bits per heavy atom. The highest BCUT2D eigenvalue weighted by Gasteiger charge is 2.32. The summed E-state index contributed by atoms with van der Waals surface area (Å²) in [6.07, 6.45) is 0.0383. The van der Waals surface area contributed by atoms with Gasteiger partial charge in [0.2, 0.25) is 11.8 Å². The lowest BCUT2D eigenvalue weighted by molar-refractivity contribution is -0.122. The number of anilines is 1. The lowest BCUT2D eigenvalue weighted by Gasteiger charge is -2.11. The number of amides is 2. The van der Waals surface area contributed by atoms with Crippen molar-refractivity contribution in [3.05, 3.63) is 47.5 Å². The molecule has 2 aromatic carbocycles. The fourth-order valence-electron chi connectivity index (χ4n) is 2.97. The van der Waals surface area contributed by atoms with E-state index in [9.17, 15) is 9.59 Å². The van der Waals surface area contributed by atoms with Crippen LogP contribution in [0.4, 0.5) is 11.4 Å². The molecule has 0 radical (unpaired) electrons. The van der Waals surface area contributed by atoms with Gasteiger partial charge in [-0.15, -0.1) is 0 Å². The van der Waals surface area contributed by atoms with Crippen LogP contribution >= 0.6 is 11.8 Å². The van der Waals surface area contributed by atoms with Crippen LogP contribution in [0.2, 0.25) is 0 Å². The molecule has 0 saturated carbocycles. The van der Waals surface area contributed by atoms with Gasteiger partial charge in [-0.25, -0.2) is 4.99 Å². The number of aliphatic imine (C=N–C) groups is 1. The van der Waals surface area contributed by atoms with Crippen LogP contribution in [0.1, 0.15) is 17.5 Å². The first-order valence-electron chi connectivity index (χ1n) is 9.05. The number of rotatable bonds is 6. The number of para-hydroxylation sites is 1. The Balaban J connectivity index is 1.66. The highest BCUT2D eigenvalue weighted by molar-refractivity contribution is 8.15. The fourth-order valence-corrected chi connectivity index (χ4v) is 3.94. The third kappa shape index (κ3) is 4.89. The summed E-state index contributed by atoms with van der Waals surface area (Å²) in [5, 5.41) is 5.54. The number of hydrogen-bond donors (Lipinski definition) is 2. The van der Waals surface area contributed by atoms with Gasteiger partial charge in [0.15, 0.2) is 16.7 Å². The number of carbonyl (C=O) groups excluding carboxylic acids is 2. The van der Waals surface area contributed by atoms with Gasteiger partial charge in [-0.05, 0) is 37.1 Å². The smallest absolute Gasteiger partial charge is 0.240 e. The maximum Gasteiger partial charge on any atom is 0.240 e. The van der Waals surface area contributed by atoms with E-state index < -0.39 is 5.25 Å². The van der Waals surface area contributed by atoms with E-state index in [1.165, 1.54) is 18.9 Å². The van der Waals surface area contributed by atoms with Crippen molar-refractivity contribution in [2.24, 2.45) is 4.99 Å². The molecule has 0 aromatic heterocycles. The van der Waals surface area contributed by atoms with Gasteiger partial charge in [0.25, 0.3) is 0 Å². The zero-order valence-corrected chi connectivity index (χ0v) is 17.6. The average Bonchev–Trinajstić information content (AvgIpc) is 3.03. The summed E-state index contributed by atoms with van der Waals surface area (Å²) < 4.78 is 10.4. The number of hydrogen-bond acceptors (Lipinski definition) is 6. The Morgan fingerprint density at radius 1 is 1.14 bits per heavy atom. The van der Waals surface area contributed by atoms with Crippen LogP contribution in [0, 0.1) is 13.8 Å². The molecule has 152 valence electrons. The van der Waals surface area contributed by atoms with Gasteiger partial charge in [-0.2, -0.15) is 0 Å². The first-order valence-corrected chi connectivity index (χ1v) is 9.93. The zero-order chi connectivity index (χ0) is 21.0. The zero-order valence-electron chi connectivity index (χ0n) is 16.7. The van der Waals surface area contributed by atoms with Crippen molar-refractivity contribution in [2.45, 2.75) is 25.5 Å². The normalized spacial score (nSPS) is 17.2. The van der Waals surface area contributed by atoms with Gasteiger partial charge < -0.3 is 20.1 Å². The molecular weight excluding hydrogens is 390 g/mol. The van der Waals surface area contributed by atoms with Gasteiger partial charge in [0, 0.05) is 18.2 Å². The predicted octanol–water partition coefficient (Wildman–Crippen LogP) is 3.57. The quantitative estimate of drug-likeness (QED) is 0.756. The van der Waals surface area contributed by atoms with Crippen LogP contribution in [0.25, 0.3) is 0 Å². The summed E-state index contributed by atoms with van der Waals surface area (Å²) in [5.74, 6) is 0.602. The highest BCUT2D eigenvalue weighted by Crippen LogP contribution is 2.31. The minimum absolute atomic E-state index is 0.0383. The number of methoxy groups -OCH3 is 2. The number of nitrogens with one attached hydrogen (secondary N) is 2. The second kappa shape index (κ2) is 9.00. The largest absolute Gasteiger partial charge is 0.493 e. The van der Waals surface area contributed by atoms with Crippen molar-refractivity contribution >= 4 is 40.1 Å². The molecule has 2 N–H and O–H groups in total. The summed E-state index contributed by atoms with van der Waals surface area (Å²) in [5.41, 5.74) is 3.47. The van der Waals surface area contributed by atoms with E-state index >= 15 is 0 Å². The molecule has 1 aliphatic rings. The third-order valence-corrected chi connectivity index (χ3v) is 5.55. The molecule has 2 amide bonds. The summed E-state index contributed by atoms with van der Waals surface area (Å²) in [4.78, 5) is 29.3. The number of ether oxygens (including phenoxy) is 2. The number of carbonyl (C=O) groups is 2. The van der Waals surface area contributed by atoms with E-state index in [4.69, 9.17) is 9.47 Å². The summed E-state index contributed by atoms with van der Waals surface area (Å²) >= 11 is 1.27. The van der Waals surface area contributed by atoms with Gasteiger partial charge in [0.05, 0.1) is 19.9 Å². The van der Waals surface area contributed by atoms with E-state index in [0.717, 1.165) is 16.8 Å². The van der Waals surface area contributed by atoms with Crippen LogP contribution in [-0.4, -0.2) is 36.5 Å². The van der Waals surface area contributed by atoms with E-state index in [1.807, 2.05) is 32.0 Å². The molecule has 1 fully saturated rings. The van der Waals surface area contributed by atoms with Gasteiger partial charge in [-0.1, -0.05) is 30.0 Å².